The van der Waals surface area contributed by atoms with Crippen molar-refractivity contribution in [2.45, 2.75) is 26.8 Å². The van der Waals surface area contributed by atoms with Gasteiger partial charge in [-0.3, -0.25) is 0 Å². The third-order valence-corrected chi connectivity index (χ3v) is 7.75. The fourth-order valence-corrected chi connectivity index (χ4v) is 5.66. The smallest absolute Gasteiger partial charge is 0.179 e. The van der Waals surface area contributed by atoms with Crippen LogP contribution >= 0.6 is 0 Å². The number of nitrogens with zero attached hydrogens (tertiary/aromatic N) is 5. The van der Waals surface area contributed by atoms with Crippen molar-refractivity contribution >= 4 is 34.6 Å². The summed E-state index contributed by atoms with van der Waals surface area (Å²) in [5.41, 5.74) is 9.40. The van der Waals surface area contributed by atoms with Gasteiger partial charge in [-0.2, -0.15) is 5.10 Å². The lowest BCUT2D eigenvalue weighted by Gasteiger charge is -2.41. The molecule has 1 unspecified atom stereocenters. The van der Waals surface area contributed by atoms with Crippen LogP contribution in [0.15, 0.2) is 107 Å². The SMILES string of the molecule is COc1ccc(NC2=Nc3ccccc3N3C2=Nc2c(c(C)nn2-c2ccc(C)cc2)C3c2ccccc2C)cc1. The molecule has 0 spiro atoms. The molecule has 1 N–H and O–H groups in total. The number of benzene rings is 4. The van der Waals surface area contributed by atoms with Gasteiger partial charge in [0, 0.05) is 11.3 Å². The van der Waals surface area contributed by atoms with Gasteiger partial charge in [0.2, 0.25) is 0 Å². The molecular formula is C34H30N6O. The minimum Gasteiger partial charge on any atom is -0.497 e. The standard InChI is InChI=1S/C34H30N6O/c1-21-13-17-25(18-14-21)40-33-30(23(3)38-40)31(27-10-6-5-9-22(27)2)39-29-12-8-7-11-28(29)36-32(34(39)37-33)35-24-15-19-26(41-4)20-16-24/h5-20,31H,1-4H3,(H,35,36). The number of anilines is 2. The molecule has 5 aromatic rings. The molecule has 202 valence electrons. The van der Waals surface area contributed by atoms with Gasteiger partial charge in [-0.25, -0.2) is 14.7 Å². The number of nitrogens with one attached hydrogen (secondary N) is 1. The molecule has 7 rings (SSSR count). The van der Waals surface area contributed by atoms with Crippen molar-refractivity contribution in [2.24, 2.45) is 9.98 Å². The highest BCUT2D eigenvalue weighted by Crippen LogP contribution is 2.48. The maximum Gasteiger partial charge on any atom is 0.179 e. The molecule has 0 saturated heterocycles. The van der Waals surface area contributed by atoms with Crippen LogP contribution in [0, 0.1) is 20.8 Å². The number of rotatable bonds is 4. The first-order valence-corrected chi connectivity index (χ1v) is 13.7. The summed E-state index contributed by atoms with van der Waals surface area (Å²) in [7, 11) is 1.67. The summed E-state index contributed by atoms with van der Waals surface area (Å²) in [6.45, 7) is 6.34. The summed E-state index contributed by atoms with van der Waals surface area (Å²) in [4.78, 5) is 12.7. The van der Waals surface area contributed by atoms with Gasteiger partial charge in [-0.15, -0.1) is 0 Å². The Hall–Kier alpha value is -5.17. The van der Waals surface area contributed by atoms with Crippen LogP contribution in [0.3, 0.4) is 0 Å². The average Bonchev–Trinajstić information content (AvgIpc) is 3.33. The highest BCUT2D eigenvalue weighted by atomic mass is 16.5. The highest BCUT2D eigenvalue weighted by Gasteiger charge is 2.41. The Labute approximate surface area is 239 Å². The lowest BCUT2D eigenvalue weighted by molar-refractivity contribution is 0.415. The first kappa shape index (κ1) is 24.8. The summed E-state index contributed by atoms with van der Waals surface area (Å²) < 4.78 is 7.33. The van der Waals surface area contributed by atoms with Crippen molar-refractivity contribution < 1.29 is 4.74 Å². The molecule has 0 amide bonds. The largest absolute Gasteiger partial charge is 0.497 e. The van der Waals surface area contributed by atoms with Crippen LogP contribution in [0.1, 0.15) is 34.0 Å². The third kappa shape index (κ3) is 4.17. The maximum atomic E-state index is 5.37. The van der Waals surface area contributed by atoms with Crippen LogP contribution < -0.4 is 15.0 Å². The number of fused-ring (bicyclic) bond motifs is 4. The fraction of sp³-hybridized carbons (Fsp3) is 0.147. The number of para-hydroxylation sites is 2. The van der Waals surface area contributed by atoms with E-state index in [1.54, 1.807) is 7.11 Å². The van der Waals surface area contributed by atoms with E-state index >= 15 is 0 Å². The van der Waals surface area contributed by atoms with E-state index in [9.17, 15) is 0 Å². The summed E-state index contributed by atoms with van der Waals surface area (Å²) in [5, 5.41) is 8.60. The molecule has 0 saturated carbocycles. The van der Waals surface area contributed by atoms with E-state index in [-0.39, 0.29) is 6.04 Å². The van der Waals surface area contributed by atoms with Crippen LogP contribution in [0.4, 0.5) is 22.9 Å². The van der Waals surface area contributed by atoms with Gasteiger partial charge in [0.1, 0.15) is 5.75 Å². The van der Waals surface area contributed by atoms with Gasteiger partial charge in [0.25, 0.3) is 0 Å². The van der Waals surface area contributed by atoms with Crippen LogP contribution in [0.5, 0.6) is 5.75 Å². The summed E-state index contributed by atoms with van der Waals surface area (Å²) in [6.07, 6.45) is 0. The Bertz CT molecular complexity index is 1830. The number of aryl methyl sites for hydroxylation is 3. The lowest BCUT2D eigenvalue weighted by Crippen LogP contribution is -2.46. The van der Waals surface area contributed by atoms with E-state index in [0.717, 1.165) is 51.4 Å². The van der Waals surface area contributed by atoms with Crippen LogP contribution in [0.2, 0.25) is 0 Å². The Morgan fingerprint density at radius 2 is 1.51 bits per heavy atom. The molecule has 1 atom stereocenters. The van der Waals surface area contributed by atoms with Crippen molar-refractivity contribution in [3.8, 4) is 11.4 Å². The van der Waals surface area contributed by atoms with Crippen molar-refractivity contribution in [1.82, 2.24) is 9.78 Å². The minimum absolute atomic E-state index is 0.151. The normalized spacial score (nSPS) is 15.3. The van der Waals surface area contributed by atoms with E-state index in [0.29, 0.717) is 5.84 Å². The van der Waals surface area contributed by atoms with E-state index < -0.39 is 0 Å². The second-order valence-corrected chi connectivity index (χ2v) is 10.4. The first-order valence-electron chi connectivity index (χ1n) is 13.7. The lowest BCUT2D eigenvalue weighted by atomic mass is 9.90. The number of aliphatic imine (C=N–C) groups is 2. The average molecular weight is 539 g/mol. The second kappa shape index (κ2) is 9.78. The highest BCUT2D eigenvalue weighted by molar-refractivity contribution is 6.51. The first-order chi connectivity index (χ1) is 20.0. The van der Waals surface area contributed by atoms with Gasteiger partial charge in [0.05, 0.1) is 35.9 Å². The van der Waals surface area contributed by atoms with Gasteiger partial charge < -0.3 is 15.0 Å². The number of aromatic nitrogens is 2. The summed E-state index contributed by atoms with van der Waals surface area (Å²) in [5.74, 6) is 3.03. The predicted octanol–water partition coefficient (Wildman–Crippen LogP) is 7.60. The third-order valence-electron chi connectivity index (χ3n) is 7.75. The quantitative estimate of drug-likeness (QED) is 0.256. The Balaban J connectivity index is 1.48. The molecule has 1 aromatic heterocycles. The number of amidine groups is 2. The molecule has 41 heavy (non-hydrogen) atoms. The number of hydrogen-bond donors (Lipinski definition) is 1. The maximum absolute atomic E-state index is 5.37. The van der Waals surface area contributed by atoms with Crippen molar-refractivity contribution in [3.05, 3.63) is 125 Å². The molecule has 0 fully saturated rings. The van der Waals surface area contributed by atoms with E-state index in [2.05, 4.69) is 97.7 Å². The van der Waals surface area contributed by atoms with Crippen LogP contribution in [-0.2, 0) is 0 Å². The monoisotopic (exact) mass is 538 g/mol. The molecular weight excluding hydrogens is 508 g/mol. The molecule has 0 radical (unpaired) electrons. The predicted molar refractivity (Wildman–Crippen MR) is 166 cm³/mol. The molecule has 2 aliphatic rings. The van der Waals surface area contributed by atoms with Gasteiger partial charge >= 0.3 is 0 Å². The summed E-state index contributed by atoms with van der Waals surface area (Å²) >= 11 is 0. The molecule has 3 heterocycles. The minimum atomic E-state index is -0.151. The molecule has 0 aliphatic carbocycles. The van der Waals surface area contributed by atoms with Gasteiger partial charge in [-0.1, -0.05) is 54.1 Å². The van der Waals surface area contributed by atoms with E-state index in [4.69, 9.17) is 19.8 Å². The number of methoxy groups -OCH3 is 1. The molecule has 7 nitrogen and oxygen atoms in total. The zero-order chi connectivity index (χ0) is 28.1. The number of ether oxygens (including phenoxy) is 1. The Morgan fingerprint density at radius 1 is 0.780 bits per heavy atom. The van der Waals surface area contributed by atoms with E-state index in [1.165, 1.54) is 16.7 Å². The zero-order valence-electron chi connectivity index (χ0n) is 23.5. The molecule has 4 aromatic carbocycles. The van der Waals surface area contributed by atoms with Gasteiger partial charge in [0.15, 0.2) is 17.5 Å². The second-order valence-electron chi connectivity index (χ2n) is 10.4. The Kier molecular flexibility index (Phi) is 5.93. The van der Waals surface area contributed by atoms with Crippen molar-refractivity contribution in [2.75, 3.05) is 17.3 Å². The van der Waals surface area contributed by atoms with Gasteiger partial charge in [-0.05, 0) is 80.4 Å². The zero-order valence-corrected chi connectivity index (χ0v) is 23.5. The van der Waals surface area contributed by atoms with Crippen LogP contribution in [-0.4, -0.2) is 28.6 Å². The van der Waals surface area contributed by atoms with Crippen molar-refractivity contribution in [3.63, 3.8) is 0 Å². The van der Waals surface area contributed by atoms with E-state index in [1.807, 2.05) is 35.0 Å². The Morgan fingerprint density at radius 3 is 2.27 bits per heavy atom. The van der Waals surface area contributed by atoms with Crippen molar-refractivity contribution in [1.29, 1.82) is 0 Å². The molecule has 7 heteroatoms. The molecule has 2 aliphatic heterocycles. The topological polar surface area (TPSA) is 67.0 Å². The molecule has 0 bridgehead atoms. The van der Waals surface area contributed by atoms with Crippen LogP contribution in [0.25, 0.3) is 5.69 Å². The number of hydrogen-bond acceptors (Lipinski definition) is 6. The summed E-state index contributed by atoms with van der Waals surface area (Å²) in [6, 6.07) is 32.9. The fourth-order valence-electron chi connectivity index (χ4n) is 5.66.